The van der Waals surface area contributed by atoms with Crippen molar-refractivity contribution in [3.8, 4) is 0 Å². The molecule has 2 N–H and O–H groups in total. The fourth-order valence-electron chi connectivity index (χ4n) is 2.21. The first-order valence-electron chi connectivity index (χ1n) is 6.71. The van der Waals surface area contributed by atoms with Crippen molar-refractivity contribution in [2.45, 2.75) is 13.0 Å². The fraction of sp³-hybridized carbons (Fsp3) is 0.429. The summed E-state index contributed by atoms with van der Waals surface area (Å²) in [5, 5.41) is 5.59. The Bertz CT molecular complexity index is 531. The van der Waals surface area contributed by atoms with Gasteiger partial charge in [-0.25, -0.2) is 8.78 Å². The average Bonchev–Trinajstić information content (AvgIpc) is 2.43. The summed E-state index contributed by atoms with van der Waals surface area (Å²) in [7, 11) is 0. The maximum Gasteiger partial charge on any atom is 0.251 e. The second kappa shape index (κ2) is 6.62. The number of hydrogen-bond donors (Lipinski definition) is 2. The molecule has 2 rings (SSSR count). The first-order chi connectivity index (χ1) is 9.95. The van der Waals surface area contributed by atoms with Crippen molar-refractivity contribution in [3.05, 3.63) is 35.4 Å². The highest BCUT2D eigenvalue weighted by Gasteiger charge is 2.20. The zero-order valence-electron chi connectivity index (χ0n) is 11.7. The molecule has 1 atom stereocenters. The van der Waals surface area contributed by atoms with Gasteiger partial charge < -0.3 is 15.5 Å². The number of hydrogen-bond acceptors (Lipinski definition) is 3. The van der Waals surface area contributed by atoms with E-state index in [2.05, 4.69) is 10.6 Å². The van der Waals surface area contributed by atoms with E-state index >= 15 is 0 Å². The van der Waals surface area contributed by atoms with Crippen LogP contribution in [0, 0.1) is 11.6 Å². The van der Waals surface area contributed by atoms with Crippen molar-refractivity contribution in [3.63, 3.8) is 0 Å². The Kier molecular flexibility index (Phi) is 4.85. The predicted molar refractivity (Wildman–Crippen MR) is 72.7 cm³/mol. The Morgan fingerprint density at radius 3 is 2.62 bits per heavy atom. The Hall–Kier alpha value is -2.02. The summed E-state index contributed by atoms with van der Waals surface area (Å²) in [5.74, 6) is -2.55. The number of rotatable bonds is 3. The Labute approximate surface area is 121 Å². The van der Waals surface area contributed by atoms with Crippen molar-refractivity contribution in [1.82, 2.24) is 15.5 Å². The van der Waals surface area contributed by atoms with Gasteiger partial charge in [0.2, 0.25) is 5.91 Å². The highest BCUT2D eigenvalue weighted by Crippen LogP contribution is 2.07. The minimum atomic E-state index is -0.831. The molecule has 1 aliphatic heterocycles. The Morgan fingerprint density at radius 2 is 2.00 bits per heavy atom. The van der Waals surface area contributed by atoms with E-state index in [1.807, 2.05) is 6.92 Å². The lowest BCUT2D eigenvalue weighted by atomic mass is 10.2. The van der Waals surface area contributed by atoms with Crippen molar-refractivity contribution in [2.24, 2.45) is 0 Å². The highest BCUT2D eigenvalue weighted by molar-refractivity contribution is 5.96. The molecule has 1 aromatic rings. The van der Waals surface area contributed by atoms with Crippen LogP contribution in [0.25, 0.3) is 0 Å². The van der Waals surface area contributed by atoms with Gasteiger partial charge in [-0.1, -0.05) is 0 Å². The Morgan fingerprint density at radius 1 is 1.33 bits per heavy atom. The molecule has 114 valence electrons. The lowest BCUT2D eigenvalue weighted by Crippen LogP contribution is -2.53. The molecule has 0 unspecified atom stereocenters. The van der Waals surface area contributed by atoms with Gasteiger partial charge in [0, 0.05) is 37.3 Å². The first-order valence-corrected chi connectivity index (χ1v) is 6.71. The predicted octanol–water partition coefficient (Wildman–Crippen LogP) is 0.515. The van der Waals surface area contributed by atoms with Crippen LogP contribution in [-0.4, -0.2) is 48.9 Å². The average molecular weight is 297 g/mol. The van der Waals surface area contributed by atoms with Gasteiger partial charge in [0.15, 0.2) is 0 Å². The first kappa shape index (κ1) is 15.4. The molecule has 0 radical (unpaired) electrons. The van der Waals surface area contributed by atoms with E-state index in [1.54, 1.807) is 4.90 Å². The van der Waals surface area contributed by atoms with Crippen molar-refractivity contribution in [1.29, 1.82) is 0 Å². The van der Waals surface area contributed by atoms with Gasteiger partial charge >= 0.3 is 0 Å². The molecule has 0 spiro atoms. The molecule has 2 amide bonds. The summed E-state index contributed by atoms with van der Waals surface area (Å²) in [5.41, 5.74) is -0.144. The zero-order valence-corrected chi connectivity index (χ0v) is 11.7. The normalized spacial score (nSPS) is 18.4. The van der Waals surface area contributed by atoms with Crippen LogP contribution >= 0.6 is 0 Å². The van der Waals surface area contributed by atoms with E-state index < -0.39 is 17.5 Å². The largest absolute Gasteiger partial charge is 0.343 e. The lowest BCUT2D eigenvalue weighted by Gasteiger charge is -2.31. The molecule has 1 aromatic carbocycles. The maximum absolute atomic E-state index is 13.0. The topological polar surface area (TPSA) is 61.4 Å². The van der Waals surface area contributed by atoms with Gasteiger partial charge in [0.05, 0.1) is 6.54 Å². The molecule has 0 saturated carbocycles. The Balaban J connectivity index is 1.90. The quantitative estimate of drug-likeness (QED) is 0.855. The van der Waals surface area contributed by atoms with Gasteiger partial charge in [-0.2, -0.15) is 0 Å². The number of amides is 2. The van der Waals surface area contributed by atoms with Crippen molar-refractivity contribution < 1.29 is 18.4 Å². The van der Waals surface area contributed by atoms with E-state index in [9.17, 15) is 18.4 Å². The smallest absolute Gasteiger partial charge is 0.251 e. The van der Waals surface area contributed by atoms with Gasteiger partial charge in [0.25, 0.3) is 5.91 Å². The van der Waals surface area contributed by atoms with Crippen LogP contribution in [0.3, 0.4) is 0 Å². The van der Waals surface area contributed by atoms with Gasteiger partial charge in [0.1, 0.15) is 11.6 Å². The fourth-order valence-corrected chi connectivity index (χ4v) is 2.21. The lowest BCUT2D eigenvalue weighted by molar-refractivity contribution is -0.131. The van der Waals surface area contributed by atoms with E-state index in [4.69, 9.17) is 0 Å². The molecule has 0 aliphatic carbocycles. The summed E-state index contributed by atoms with van der Waals surface area (Å²) < 4.78 is 26.0. The highest BCUT2D eigenvalue weighted by atomic mass is 19.1. The van der Waals surface area contributed by atoms with Gasteiger partial charge in [-0.05, 0) is 19.1 Å². The molecule has 5 nitrogen and oxygen atoms in total. The summed E-state index contributed by atoms with van der Waals surface area (Å²) in [6.07, 6.45) is 0. The number of halogens is 2. The molecule has 1 heterocycles. The molecular weight excluding hydrogens is 280 g/mol. The molecule has 0 bridgehead atoms. The van der Waals surface area contributed by atoms with E-state index in [1.165, 1.54) is 0 Å². The van der Waals surface area contributed by atoms with Crippen LogP contribution < -0.4 is 10.6 Å². The maximum atomic E-state index is 13.0. The molecule has 1 aliphatic rings. The van der Waals surface area contributed by atoms with Crippen LogP contribution in [0.2, 0.25) is 0 Å². The standard InChI is InChI=1S/C14H17F2N3O2/c1-9-8-19(3-2-17-9)13(20)7-18-14(21)10-4-11(15)6-12(16)5-10/h4-6,9,17H,2-3,7-8H2,1H3,(H,18,21)/t9-/m1/s1. The van der Waals surface area contributed by atoms with Gasteiger partial charge in [-0.3, -0.25) is 9.59 Å². The summed E-state index contributed by atoms with van der Waals surface area (Å²) in [4.78, 5) is 25.4. The monoisotopic (exact) mass is 297 g/mol. The van der Waals surface area contributed by atoms with E-state index in [0.29, 0.717) is 25.7 Å². The number of nitrogens with one attached hydrogen (secondary N) is 2. The van der Waals surface area contributed by atoms with Crippen LogP contribution in [0.15, 0.2) is 18.2 Å². The van der Waals surface area contributed by atoms with Crippen LogP contribution in [0.1, 0.15) is 17.3 Å². The SMILES string of the molecule is C[C@@H]1CN(C(=O)CNC(=O)c2cc(F)cc(F)c2)CCN1. The minimum Gasteiger partial charge on any atom is -0.343 e. The number of benzene rings is 1. The van der Waals surface area contributed by atoms with Crippen LogP contribution in [0.4, 0.5) is 8.78 Å². The van der Waals surface area contributed by atoms with Gasteiger partial charge in [-0.15, -0.1) is 0 Å². The number of carbonyl (C=O) groups is 2. The second-order valence-electron chi connectivity index (χ2n) is 5.04. The molecular formula is C14H17F2N3O2. The molecule has 1 fully saturated rings. The molecule has 7 heteroatoms. The summed E-state index contributed by atoms with van der Waals surface area (Å²) >= 11 is 0. The number of piperazine rings is 1. The third-order valence-electron chi connectivity index (χ3n) is 3.25. The molecule has 1 saturated heterocycles. The molecule has 0 aromatic heterocycles. The zero-order chi connectivity index (χ0) is 15.4. The van der Waals surface area contributed by atoms with Crippen molar-refractivity contribution in [2.75, 3.05) is 26.2 Å². The minimum absolute atomic E-state index is 0.144. The van der Waals surface area contributed by atoms with Crippen molar-refractivity contribution >= 4 is 11.8 Å². The third kappa shape index (κ3) is 4.22. The van der Waals surface area contributed by atoms with E-state index in [-0.39, 0.29) is 24.1 Å². The van der Waals surface area contributed by atoms with E-state index in [0.717, 1.165) is 12.1 Å². The number of carbonyl (C=O) groups excluding carboxylic acids is 2. The number of nitrogens with zero attached hydrogens (tertiary/aromatic N) is 1. The van der Waals surface area contributed by atoms with Crippen LogP contribution in [0.5, 0.6) is 0 Å². The van der Waals surface area contributed by atoms with Crippen LogP contribution in [-0.2, 0) is 4.79 Å². The third-order valence-corrected chi connectivity index (χ3v) is 3.25. The molecule has 21 heavy (non-hydrogen) atoms. The summed E-state index contributed by atoms with van der Waals surface area (Å²) in [6.45, 7) is 3.63. The second-order valence-corrected chi connectivity index (χ2v) is 5.04. The summed E-state index contributed by atoms with van der Waals surface area (Å²) in [6, 6.07) is 2.74.